The van der Waals surface area contributed by atoms with Gasteiger partial charge in [0.1, 0.15) is 11.6 Å². The number of aliphatic hydroxyl groups excluding tert-OH is 2. The predicted octanol–water partition coefficient (Wildman–Crippen LogP) is 15.1. The van der Waals surface area contributed by atoms with E-state index >= 15 is 0 Å². The average molecular weight is 1270 g/mol. The van der Waals surface area contributed by atoms with E-state index in [1.807, 2.05) is 24.3 Å². The average Bonchev–Trinajstić information content (AvgIpc) is 3.62. The Morgan fingerprint density at radius 3 is 1.05 bits per heavy atom. The zero-order valence-corrected chi connectivity index (χ0v) is 47.6. The van der Waals surface area contributed by atoms with Crippen molar-refractivity contribution >= 4 is 98.9 Å². The highest BCUT2D eigenvalue weighted by Gasteiger charge is 2.22. The van der Waals surface area contributed by atoms with Crippen LogP contribution in [0.5, 0.6) is 23.0 Å². The third-order valence-electron chi connectivity index (χ3n) is 10.5. The molecule has 0 aliphatic heterocycles. The van der Waals surface area contributed by atoms with Gasteiger partial charge in [0.25, 0.3) is 16.4 Å². The highest BCUT2D eigenvalue weighted by atomic mass is 36.0. The van der Waals surface area contributed by atoms with Crippen molar-refractivity contribution in [1.82, 2.24) is 0 Å². The van der Waals surface area contributed by atoms with Crippen molar-refractivity contribution in [3.8, 4) is 23.0 Å². The van der Waals surface area contributed by atoms with Crippen molar-refractivity contribution in [2.45, 2.75) is 20.6 Å². The minimum Gasteiger partial charge on any atom is -0.494 e. The molecule has 0 bridgehead atoms. The van der Waals surface area contributed by atoms with Crippen LogP contribution in [0.3, 0.4) is 0 Å². The van der Waals surface area contributed by atoms with Crippen molar-refractivity contribution in [2.24, 2.45) is 0 Å². The normalized spacial score (nSPS) is 9.82. The first kappa shape index (κ1) is 72.0. The van der Waals surface area contributed by atoms with E-state index < -0.39 is 60.7 Å². The SMILES string of the molecule is C.COc1ccc(C(=O)Cl)cc1F.COc1ccc(C(=O)Cl)cc1F.COc1ccc(C(=O)N(c2ccc(F)cc2)c2ccc(CO)cc2)cc1F.COc1ccc(C(=O)O)cc1F.O=S(Cl)Cl.OCc1ccc(Nc2ccc(F)cc2)cc1. The van der Waals surface area contributed by atoms with E-state index in [0.29, 0.717) is 16.9 Å². The topological polar surface area (TPSA) is 198 Å². The van der Waals surface area contributed by atoms with Crippen LogP contribution >= 0.6 is 44.6 Å². The van der Waals surface area contributed by atoms with Crippen LogP contribution in [0, 0.1) is 34.9 Å². The fraction of sp³-hybridized carbons (Fsp3) is 0.119. The molecule has 0 saturated heterocycles. The first-order valence-electron chi connectivity index (χ1n) is 23.2. The highest BCUT2D eigenvalue weighted by Crippen LogP contribution is 2.30. The van der Waals surface area contributed by atoms with Gasteiger partial charge in [-0.25, -0.2) is 35.3 Å². The van der Waals surface area contributed by atoms with E-state index in [-0.39, 0.29) is 71.7 Å². The molecule has 8 aromatic rings. The molecule has 0 spiro atoms. The predicted molar refractivity (Wildman–Crippen MR) is 313 cm³/mol. The van der Waals surface area contributed by atoms with Gasteiger partial charge in [0.2, 0.25) is 9.23 Å². The van der Waals surface area contributed by atoms with E-state index in [9.17, 15) is 50.6 Å². The smallest absolute Gasteiger partial charge is 0.335 e. The Balaban J connectivity index is 0.000000367. The fourth-order valence-corrected chi connectivity index (χ4v) is 6.66. The van der Waals surface area contributed by atoms with E-state index in [0.717, 1.165) is 41.2 Å². The lowest BCUT2D eigenvalue weighted by Crippen LogP contribution is -2.26. The molecule has 0 aromatic heterocycles. The summed E-state index contributed by atoms with van der Waals surface area (Å²) in [5.74, 6) is -4.57. The molecule has 0 saturated carbocycles. The van der Waals surface area contributed by atoms with Crippen LogP contribution in [-0.4, -0.2) is 70.3 Å². The van der Waals surface area contributed by atoms with Gasteiger partial charge < -0.3 is 39.6 Å². The van der Waals surface area contributed by atoms with E-state index in [4.69, 9.17) is 42.4 Å². The van der Waals surface area contributed by atoms with Gasteiger partial charge in [-0.3, -0.25) is 19.3 Å². The van der Waals surface area contributed by atoms with Crippen LogP contribution < -0.4 is 29.2 Å². The maximum Gasteiger partial charge on any atom is 0.335 e. The standard InChI is InChI=1S/C21H17F2NO3.C13H12FNO.2C8H6ClFO2.C8H7FO3.CH4.Cl2OS/c1-27-20-11-4-15(12-19(20)23)21(26)24(18-9-5-16(22)6-10-18)17-7-2-14(13-25)3-8-17;14-11-3-7-13(8-4-11)15-12-5-1-10(9-16)2-6-12;2*1-12-7-3-2-5(8(9)11)4-6(7)10;1-12-7-3-2-5(8(10)11)4-6(7)9;;1-4(2)3/h2-12,25H,13H2,1H3;1-8,15-16H,9H2;2*2-4H,1H3;2-4H,1H3,(H,10,11);1H4;. The number of anilines is 4. The molecule has 0 aliphatic rings. The number of halogens is 10. The molecule has 25 heteroatoms. The molecular formula is C59H52Cl4F6N2O12S. The van der Waals surface area contributed by atoms with Crippen LogP contribution in [0.2, 0.25) is 0 Å². The van der Waals surface area contributed by atoms with Crippen LogP contribution in [0.1, 0.15) is 60.0 Å². The minimum atomic E-state index is -1.67. The summed E-state index contributed by atoms with van der Waals surface area (Å²) in [7, 11) is 12.7. The molecule has 0 atom stereocenters. The lowest BCUT2D eigenvalue weighted by atomic mass is 10.1. The van der Waals surface area contributed by atoms with Crippen LogP contribution in [-0.2, 0) is 22.4 Å². The number of carboxylic acids is 1. The number of nitrogens with zero attached hydrogens (tertiary/aromatic N) is 1. The third kappa shape index (κ3) is 24.0. The number of nitrogens with one attached hydrogen (secondary N) is 1. The van der Waals surface area contributed by atoms with Gasteiger partial charge in [0.05, 0.1) is 47.2 Å². The lowest BCUT2D eigenvalue weighted by molar-refractivity contribution is 0.0695. The number of hydrogen-bond donors (Lipinski definition) is 4. The summed E-state index contributed by atoms with van der Waals surface area (Å²) >= 11 is 10.2. The molecule has 0 fully saturated rings. The molecule has 446 valence electrons. The summed E-state index contributed by atoms with van der Waals surface area (Å²) in [5.41, 5.74) is 4.48. The molecule has 1 amide bonds. The number of ether oxygens (including phenoxy) is 4. The molecule has 0 radical (unpaired) electrons. The molecular weight excluding hydrogens is 1220 g/mol. The fourth-order valence-electron chi connectivity index (χ4n) is 6.42. The van der Waals surface area contributed by atoms with E-state index in [1.165, 1.54) is 118 Å². The summed E-state index contributed by atoms with van der Waals surface area (Å²) in [4.78, 5) is 45.9. The number of benzene rings is 8. The summed E-state index contributed by atoms with van der Waals surface area (Å²) in [6, 6.07) is 40.7. The third-order valence-corrected chi connectivity index (χ3v) is 10.9. The van der Waals surface area contributed by atoms with Crippen molar-refractivity contribution in [3.63, 3.8) is 0 Å². The number of rotatable bonds is 14. The Morgan fingerprint density at radius 2 is 0.738 bits per heavy atom. The van der Waals surface area contributed by atoms with Crippen LogP contribution in [0.4, 0.5) is 49.1 Å². The largest absolute Gasteiger partial charge is 0.494 e. The molecule has 8 aromatic carbocycles. The number of carbonyl (C=O) groups excluding carboxylic acids is 3. The second kappa shape index (κ2) is 37.1. The van der Waals surface area contributed by atoms with Gasteiger partial charge in [-0.15, -0.1) is 0 Å². The first-order valence-corrected chi connectivity index (χ1v) is 26.8. The highest BCUT2D eigenvalue weighted by molar-refractivity contribution is 8.26. The molecule has 8 rings (SSSR count). The van der Waals surface area contributed by atoms with Crippen LogP contribution in [0.25, 0.3) is 0 Å². The molecule has 0 heterocycles. The number of aromatic carboxylic acids is 1. The van der Waals surface area contributed by atoms with Gasteiger partial charge in [-0.05, 0) is 180 Å². The van der Waals surface area contributed by atoms with Crippen molar-refractivity contribution in [3.05, 3.63) is 238 Å². The Bertz CT molecular complexity index is 3280. The number of aliphatic hydroxyl groups is 2. The maximum absolute atomic E-state index is 14.1. The first-order chi connectivity index (χ1) is 39.5. The second-order valence-electron chi connectivity index (χ2n) is 15.9. The van der Waals surface area contributed by atoms with E-state index in [2.05, 4.69) is 40.9 Å². The number of hydrogen-bond acceptors (Lipinski definition) is 12. The van der Waals surface area contributed by atoms with Crippen molar-refractivity contribution in [2.75, 3.05) is 38.7 Å². The maximum atomic E-state index is 14.1. The Hall–Kier alpha value is -8.15. The van der Waals surface area contributed by atoms with Gasteiger partial charge in [0.15, 0.2) is 46.3 Å². The molecule has 14 nitrogen and oxygen atoms in total. The Kier molecular flexibility index (Phi) is 31.8. The quantitative estimate of drug-likeness (QED) is 0.0593. The molecule has 84 heavy (non-hydrogen) atoms. The van der Waals surface area contributed by atoms with Gasteiger partial charge in [-0.2, -0.15) is 0 Å². The number of amides is 1. The summed E-state index contributed by atoms with van der Waals surface area (Å²) in [6.07, 6.45) is 0. The van der Waals surface area contributed by atoms with E-state index in [1.54, 1.807) is 36.4 Å². The van der Waals surface area contributed by atoms with Crippen molar-refractivity contribution < 1.29 is 84.0 Å². The molecule has 4 N–H and O–H groups in total. The summed E-state index contributed by atoms with van der Waals surface area (Å²) < 4.78 is 106. The second-order valence-corrected chi connectivity index (χ2v) is 19.1. The monoisotopic (exact) mass is 1270 g/mol. The van der Waals surface area contributed by atoms with Gasteiger partial charge in [-0.1, -0.05) is 31.7 Å². The number of carbonyl (C=O) groups is 4. The molecule has 0 aliphatic carbocycles. The minimum absolute atomic E-state index is 0. The summed E-state index contributed by atoms with van der Waals surface area (Å²) in [6.45, 7) is -0.0920. The zero-order chi connectivity index (χ0) is 61.8. The van der Waals surface area contributed by atoms with Gasteiger partial charge >= 0.3 is 5.97 Å². The number of carboxylic acid groups (broad SMARTS) is 1. The molecule has 0 unspecified atom stereocenters. The summed E-state index contributed by atoms with van der Waals surface area (Å²) in [5, 5.41) is 28.3. The van der Waals surface area contributed by atoms with Crippen molar-refractivity contribution in [1.29, 1.82) is 0 Å². The Labute approximate surface area is 500 Å². The number of methoxy groups -OCH3 is 4. The van der Waals surface area contributed by atoms with Gasteiger partial charge in [0, 0.05) is 60.8 Å². The Morgan fingerprint density at radius 1 is 0.464 bits per heavy atom. The lowest BCUT2D eigenvalue weighted by Gasteiger charge is -2.23. The van der Waals surface area contributed by atoms with Crippen LogP contribution in [0.15, 0.2) is 170 Å². The zero-order valence-electron chi connectivity index (χ0n) is 43.7.